The fraction of sp³-hybridized carbons (Fsp3) is 0.733. The number of aliphatic imine (C=N–C) groups is 1. The van der Waals surface area contributed by atoms with E-state index in [9.17, 15) is 0 Å². The second kappa shape index (κ2) is 10.7. The SMILES string of the molecule is CCCCCCCCN=C(N)NCCc1csc(C)n1. The molecule has 3 N–H and O–H groups in total. The zero-order valence-electron chi connectivity index (χ0n) is 12.8. The molecule has 5 heteroatoms. The lowest BCUT2D eigenvalue weighted by molar-refractivity contribution is 0.611. The number of thiazole rings is 1. The van der Waals surface area contributed by atoms with E-state index in [-0.39, 0.29) is 0 Å². The Morgan fingerprint density at radius 3 is 2.75 bits per heavy atom. The number of nitrogens with two attached hydrogens (primary N) is 1. The van der Waals surface area contributed by atoms with Crippen molar-refractivity contribution >= 4 is 17.3 Å². The van der Waals surface area contributed by atoms with Crippen LogP contribution in [-0.2, 0) is 6.42 Å². The quantitative estimate of drug-likeness (QED) is 0.396. The molecule has 0 unspecified atom stereocenters. The largest absolute Gasteiger partial charge is 0.370 e. The molecule has 1 aromatic rings. The van der Waals surface area contributed by atoms with E-state index >= 15 is 0 Å². The minimum absolute atomic E-state index is 0.561. The zero-order valence-corrected chi connectivity index (χ0v) is 13.6. The van der Waals surface area contributed by atoms with Gasteiger partial charge in [-0.1, -0.05) is 39.0 Å². The van der Waals surface area contributed by atoms with E-state index in [0.717, 1.165) is 36.6 Å². The molecule has 0 fully saturated rings. The standard InChI is InChI=1S/C15H28N4S/c1-3-4-5-6-7-8-10-17-15(16)18-11-9-14-12-20-13(2)19-14/h12H,3-11H2,1-2H3,(H3,16,17,18). The fourth-order valence-corrected chi connectivity index (χ4v) is 2.64. The van der Waals surface area contributed by atoms with Crippen LogP contribution < -0.4 is 11.1 Å². The molecule has 1 heterocycles. The molecule has 0 atom stereocenters. The Morgan fingerprint density at radius 1 is 1.30 bits per heavy atom. The number of unbranched alkanes of at least 4 members (excludes halogenated alkanes) is 5. The monoisotopic (exact) mass is 296 g/mol. The maximum atomic E-state index is 5.83. The van der Waals surface area contributed by atoms with Gasteiger partial charge in [-0.25, -0.2) is 4.98 Å². The number of nitrogens with zero attached hydrogens (tertiary/aromatic N) is 2. The van der Waals surface area contributed by atoms with E-state index in [2.05, 4.69) is 27.6 Å². The molecule has 0 saturated carbocycles. The van der Waals surface area contributed by atoms with Crippen molar-refractivity contribution in [2.45, 2.75) is 58.8 Å². The van der Waals surface area contributed by atoms with Gasteiger partial charge in [0.25, 0.3) is 0 Å². The van der Waals surface area contributed by atoms with Crippen molar-refractivity contribution in [2.75, 3.05) is 13.1 Å². The van der Waals surface area contributed by atoms with E-state index < -0.39 is 0 Å². The van der Waals surface area contributed by atoms with Crippen molar-refractivity contribution in [3.63, 3.8) is 0 Å². The van der Waals surface area contributed by atoms with Gasteiger partial charge in [-0.3, -0.25) is 4.99 Å². The van der Waals surface area contributed by atoms with Gasteiger partial charge in [0.1, 0.15) is 0 Å². The van der Waals surface area contributed by atoms with Crippen molar-refractivity contribution in [3.8, 4) is 0 Å². The number of hydrogen-bond acceptors (Lipinski definition) is 3. The third kappa shape index (κ3) is 8.15. The Morgan fingerprint density at radius 2 is 2.05 bits per heavy atom. The Kier molecular flexibility index (Phi) is 9.04. The van der Waals surface area contributed by atoms with Crippen molar-refractivity contribution in [1.82, 2.24) is 10.3 Å². The van der Waals surface area contributed by atoms with Gasteiger partial charge in [0.15, 0.2) is 5.96 Å². The normalized spacial score (nSPS) is 11.8. The Labute approximate surface area is 126 Å². The Balaban J connectivity index is 2.01. The van der Waals surface area contributed by atoms with Gasteiger partial charge >= 0.3 is 0 Å². The van der Waals surface area contributed by atoms with E-state index in [1.165, 1.54) is 32.1 Å². The van der Waals surface area contributed by atoms with E-state index in [4.69, 9.17) is 5.73 Å². The molecule has 0 radical (unpaired) electrons. The highest BCUT2D eigenvalue weighted by atomic mass is 32.1. The first kappa shape index (κ1) is 17.0. The fourth-order valence-electron chi connectivity index (χ4n) is 1.99. The van der Waals surface area contributed by atoms with Crippen LogP contribution in [0.25, 0.3) is 0 Å². The predicted molar refractivity (Wildman–Crippen MR) is 88.4 cm³/mol. The highest BCUT2D eigenvalue weighted by molar-refractivity contribution is 7.09. The third-order valence-corrected chi connectivity index (χ3v) is 3.97. The van der Waals surface area contributed by atoms with Gasteiger partial charge in [0, 0.05) is 24.9 Å². The molecule has 0 amide bonds. The topological polar surface area (TPSA) is 63.3 Å². The molecule has 0 bridgehead atoms. The average molecular weight is 296 g/mol. The number of aromatic nitrogens is 1. The van der Waals surface area contributed by atoms with Gasteiger partial charge in [0.2, 0.25) is 0 Å². The highest BCUT2D eigenvalue weighted by Crippen LogP contribution is 2.07. The summed E-state index contributed by atoms with van der Waals surface area (Å²) in [5, 5.41) is 6.36. The molecule has 20 heavy (non-hydrogen) atoms. The molecule has 0 saturated heterocycles. The lowest BCUT2D eigenvalue weighted by Gasteiger charge is -2.04. The van der Waals surface area contributed by atoms with Crippen molar-refractivity contribution in [2.24, 2.45) is 10.7 Å². The first-order valence-electron chi connectivity index (χ1n) is 7.67. The summed E-state index contributed by atoms with van der Waals surface area (Å²) < 4.78 is 0. The van der Waals surface area contributed by atoms with Crippen LogP contribution in [0.2, 0.25) is 0 Å². The molecule has 0 aliphatic carbocycles. The van der Waals surface area contributed by atoms with Crippen molar-refractivity contribution < 1.29 is 0 Å². The van der Waals surface area contributed by atoms with Gasteiger partial charge < -0.3 is 11.1 Å². The summed E-state index contributed by atoms with van der Waals surface area (Å²) in [7, 11) is 0. The molecular formula is C15H28N4S. The van der Waals surface area contributed by atoms with Crippen LogP contribution in [0, 0.1) is 6.92 Å². The summed E-state index contributed by atoms with van der Waals surface area (Å²) in [6.45, 7) is 5.90. The number of guanidine groups is 1. The van der Waals surface area contributed by atoms with Crippen LogP contribution in [0.1, 0.15) is 56.2 Å². The lowest BCUT2D eigenvalue weighted by Crippen LogP contribution is -2.33. The molecule has 1 aromatic heterocycles. The number of rotatable bonds is 10. The van der Waals surface area contributed by atoms with E-state index in [1.54, 1.807) is 11.3 Å². The average Bonchev–Trinajstić information content (AvgIpc) is 2.83. The van der Waals surface area contributed by atoms with Crippen molar-refractivity contribution in [3.05, 3.63) is 16.1 Å². The van der Waals surface area contributed by atoms with Crippen LogP contribution >= 0.6 is 11.3 Å². The van der Waals surface area contributed by atoms with Gasteiger partial charge in [-0.2, -0.15) is 0 Å². The van der Waals surface area contributed by atoms with Crippen LogP contribution in [0.4, 0.5) is 0 Å². The van der Waals surface area contributed by atoms with E-state index in [1.807, 2.05) is 6.92 Å². The van der Waals surface area contributed by atoms with Gasteiger partial charge in [-0.15, -0.1) is 11.3 Å². The smallest absolute Gasteiger partial charge is 0.188 e. The lowest BCUT2D eigenvalue weighted by atomic mass is 10.1. The Hall–Kier alpha value is -1.10. The molecule has 4 nitrogen and oxygen atoms in total. The summed E-state index contributed by atoms with van der Waals surface area (Å²) in [6, 6.07) is 0. The molecule has 0 spiro atoms. The van der Waals surface area contributed by atoms with Crippen LogP contribution in [-0.4, -0.2) is 24.0 Å². The maximum Gasteiger partial charge on any atom is 0.188 e. The summed E-state index contributed by atoms with van der Waals surface area (Å²) in [4.78, 5) is 8.76. The van der Waals surface area contributed by atoms with Crippen molar-refractivity contribution in [1.29, 1.82) is 0 Å². The second-order valence-electron chi connectivity index (χ2n) is 5.07. The zero-order chi connectivity index (χ0) is 14.6. The van der Waals surface area contributed by atoms with Gasteiger partial charge in [0.05, 0.1) is 10.7 Å². The number of aryl methyl sites for hydroxylation is 1. The summed E-state index contributed by atoms with van der Waals surface area (Å²) in [5.41, 5.74) is 6.96. The third-order valence-electron chi connectivity index (χ3n) is 3.15. The molecule has 0 aliphatic heterocycles. The van der Waals surface area contributed by atoms with Crippen LogP contribution in [0.3, 0.4) is 0 Å². The molecule has 0 aliphatic rings. The molecule has 0 aromatic carbocycles. The summed E-state index contributed by atoms with van der Waals surface area (Å²) in [6.07, 6.45) is 8.61. The number of nitrogens with one attached hydrogen (secondary N) is 1. The molecular weight excluding hydrogens is 268 g/mol. The molecule has 1 rings (SSSR count). The van der Waals surface area contributed by atoms with E-state index in [0.29, 0.717) is 5.96 Å². The number of hydrogen-bond donors (Lipinski definition) is 2. The first-order chi connectivity index (χ1) is 9.72. The minimum Gasteiger partial charge on any atom is -0.370 e. The molecule has 114 valence electrons. The first-order valence-corrected chi connectivity index (χ1v) is 8.55. The maximum absolute atomic E-state index is 5.83. The van der Waals surface area contributed by atoms with Crippen LogP contribution in [0.5, 0.6) is 0 Å². The highest BCUT2D eigenvalue weighted by Gasteiger charge is 1.98. The Bertz CT molecular complexity index is 387. The minimum atomic E-state index is 0.561. The summed E-state index contributed by atoms with van der Waals surface area (Å²) in [5.74, 6) is 0.561. The van der Waals surface area contributed by atoms with Gasteiger partial charge in [-0.05, 0) is 13.3 Å². The summed E-state index contributed by atoms with van der Waals surface area (Å²) >= 11 is 1.69. The van der Waals surface area contributed by atoms with Crippen LogP contribution in [0.15, 0.2) is 10.4 Å². The predicted octanol–water partition coefficient (Wildman–Crippen LogP) is 3.26. The second-order valence-corrected chi connectivity index (χ2v) is 6.13.